The van der Waals surface area contributed by atoms with Crippen LogP contribution >= 0.6 is 11.8 Å². The van der Waals surface area contributed by atoms with Gasteiger partial charge in [0.1, 0.15) is 17.3 Å². The van der Waals surface area contributed by atoms with Crippen LogP contribution in [-0.4, -0.2) is 30.5 Å². The molecule has 1 aliphatic heterocycles. The summed E-state index contributed by atoms with van der Waals surface area (Å²) in [7, 11) is 1.60. The fourth-order valence-electron chi connectivity index (χ4n) is 3.10. The number of hydrogen-bond donors (Lipinski definition) is 1. The first-order chi connectivity index (χ1) is 14.2. The lowest BCUT2D eigenvalue weighted by Gasteiger charge is -2.22. The van der Waals surface area contributed by atoms with Crippen LogP contribution in [-0.2, 0) is 11.3 Å². The maximum absolute atomic E-state index is 13.2. The van der Waals surface area contributed by atoms with E-state index >= 15 is 0 Å². The van der Waals surface area contributed by atoms with Gasteiger partial charge in [-0.1, -0.05) is 36.0 Å². The first-order valence-electron chi connectivity index (χ1n) is 9.09. The Morgan fingerprint density at radius 2 is 2.00 bits per heavy atom. The summed E-state index contributed by atoms with van der Waals surface area (Å²) in [6.07, 6.45) is 1.66. The number of nitrogens with zero attached hydrogens (tertiary/aromatic N) is 2. The summed E-state index contributed by atoms with van der Waals surface area (Å²) in [6.45, 7) is 0.279. The Labute approximate surface area is 172 Å². The minimum Gasteiger partial charge on any atom is -0.497 e. The lowest BCUT2D eigenvalue weighted by molar-refractivity contribution is -0.119. The number of ether oxygens (including phenoxy) is 1. The smallest absolute Gasteiger partial charge is 0.261 e. The Morgan fingerprint density at radius 3 is 2.86 bits per heavy atom. The van der Waals surface area contributed by atoms with Gasteiger partial charge >= 0.3 is 0 Å². The Kier molecular flexibility index (Phi) is 5.48. The third-order valence-electron chi connectivity index (χ3n) is 4.53. The molecule has 7 heteroatoms. The highest BCUT2D eigenvalue weighted by molar-refractivity contribution is 7.99. The summed E-state index contributed by atoms with van der Waals surface area (Å²) >= 11 is 1.43. The maximum Gasteiger partial charge on any atom is 0.261 e. The molecular weight excluding hydrogens is 386 g/mol. The molecule has 0 spiro atoms. The quantitative estimate of drug-likeness (QED) is 0.703. The second kappa shape index (κ2) is 8.36. The Bertz CT molecular complexity index is 1070. The van der Waals surface area contributed by atoms with E-state index in [9.17, 15) is 9.59 Å². The van der Waals surface area contributed by atoms with Gasteiger partial charge in [-0.15, -0.1) is 0 Å². The van der Waals surface area contributed by atoms with Crippen molar-refractivity contribution in [1.82, 2.24) is 10.3 Å². The average Bonchev–Trinajstić information content (AvgIpc) is 2.87. The van der Waals surface area contributed by atoms with Crippen LogP contribution < -0.4 is 15.0 Å². The molecule has 2 amide bonds. The van der Waals surface area contributed by atoms with Crippen molar-refractivity contribution in [1.29, 1.82) is 0 Å². The van der Waals surface area contributed by atoms with Gasteiger partial charge in [-0.2, -0.15) is 0 Å². The molecule has 0 radical (unpaired) electrons. The number of benzene rings is 2. The molecule has 0 fully saturated rings. The number of carbonyl (C=O) groups excluding carboxylic acids is 2. The number of methoxy groups -OCH3 is 1. The Balaban J connectivity index is 1.55. The molecular formula is C22H19N3O3S. The van der Waals surface area contributed by atoms with Gasteiger partial charge in [-0.05, 0) is 42.0 Å². The summed E-state index contributed by atoms with van der Waals surface area (Å²) in [6, 6.07) is 18.5. The van der Waals surface area contributed by atoms with Gasteiger partial charge < -0.3 is 10.1 Å². The van der Waals surface area contributed by atoms with Crippen molar-refractivity contribution in [3.63, 3.8) is 0 Å². The molecule has 2 heterocycles. The number of anilines is 1. The van der Waals surface area contributed by atoms with Crippen molar-refractivity contribution in [2.45, 2.75) is 16.5 Å². The standard InChI is InChI=1S/C22H19N3O3S/c1-28-16-7-4-6-15(12-16)13-24-20(26)14-25-18-9-2-3-10-19(18)29-21-17(22(25)27)8-5-11-23-21/h2-12H,13-14H2,1H3,(H,24,26). The van der Waals surface area contributed by atoms with Gasteiger partial charge in [0.05, 0.1) is 18.4 Å². The number of pyridine rings is 1. The van der Waals surface area contributed by atoms with Crippen LogP contribution in [0.25, 0.3) is 0 Å². The number of fused-ring (bicyclic) bond motifs is 2. The first-order valence-corrected chi connectivity index (χ1v) is 9.91. The van der Waals surface area contributed by atoms with Crippen LogP contribution in [0.2, 0.25) is 0 Å². The van der Waals surface area contributed by atoms with Gasteiger partial charge in [0.15, 0.2) is 0 Å². The molecule has 6 nitrogen and oxygen atoms in total. The van der Waals surface area contributed by atoms with Gasteiger partial charge in [-0.3, -0.25) is 14.5 Å². The fourth-order valence-corrected chi connectivity index (χ4v) is 4.12. The minimum absolute atomic E-state index is 0.0747. The van der Waals surface area contributed by atoms with E-state index in [4.69, 9.17) is 4.74 Å². The van der Waals surface area contributed by atoms with E-state index in [0.29, 0.717) is 22.8 Å². The molecule has 3 aromatic rings. The normalized spacial score (nSPS) is 12.6. The van der Waals surface area contributed by atoms with E-state index in [1.165, 1.54) is 16.7 Å². The molecule has 4 rings (SSSR count). The number of aromatic nitrogens is 1. The number of amides is 2. The van der Waals surface area contributed by atoms with Gasteiger partial charge in [-0.25, -0.2) is 4.98 Å². The van der Waals surface area contributed by atoms with Crippen molar-refractivity contribution in [2.75, 3.05) is 18.6 Å². The number of carbonyl (C=O) groups is 2. The molecule has 29 heavy (non-hydrogen) atoms. The number of hydrogen-bond acceptors (Lipinski definition) is 5. The van der Waals surface area contributed by atoms with Gasteiger partial charge in [0.25, 0.3) is 5.91 Å². The van der Waals surface area contributed by atoms with E-state index in [0.717, 1.165) is 16.2 Å². The molecule has 0 saturated carbocycles. The lowest BCUT2D eigenvalue weighted by Crippen LogP contribution is -2.40. The van der Waals surface area contributed by atoms with Crippen LogP contribution in [0.4, 0.5) is 5.69 Å². The van der Waals surface area contributed by atoms with Crippen molar-refractivity contribution < 1.29 is 14.3 Å². The molecule has 2 aromatic carbocycles. The Hall–Kier alpha value is -3.32. The van der Waals surface area contributed by atoms with Crippen molar-refractivity contribution in [3.8, 4) is 5.75 Å². The van der Waals surface area contributed by atoms with Crippen LogP contribution in [0.5, 0.6) is 5.75 Å². The SMILES string of the molecule is COc1cccc(CNC(=O)CN2C(=O)c3cccnc3Sc3ccccc32)c1. The highest BCUT2D eigenvalue weighted by Gasteiger charge is 2.29. The molecule has 146 valence electrons. The van der Waals surface area contributed by atoms with Crippen molar-refractivity contribution in [3.05, 3.63) is 78.0 Å². The largest absolute Gasteiger partial charge is 0.497 e. The number of para-hydroxylation sites is 1. The van der Waals surface area contributed by atoms with Gasteiger partial charge in [0, 0.05) is 17.6 Å². The van der Waals surface area contributed by atoms with E-state index in [1.807, 2.05) is 48.5 Å². The van der Waals surface area contributed by atoms with Gasteiger partial charge in [0.2, 0.25) is 5.91 Å². The number of rotatable bonds is 5. The minimum atomic E-state index is -0.242. The zero-order valence-electron chi connectivity index (χ0n) is 15.8. The third-order valence-corrected chi connectivity index (χ3v) is 5.62. The Morgan fingerprint density at radius 1 is 1.14 bits per heavy atom. The molecule has 1 aromatic heterocycles. The summed E-state index contributed by atoms with van der Waals surface area (Å²) in [4.78, 5) is 32.6. The van der Waals surface area contributed by atoms with Crippen LogP contribution in [0.1, 0.15) is 15.9 Å². The summed E-state index contributed by atoms with van der Waals surface area (Å²) < 4.78 is 5.21. The predicted molar refractivity (Wildman–Crippen MR) is 111 cm³/mol. The maximum atomic E-state index is 13.2. The summed E-state index contributed by atoms with van der Waals surface area (Å²) in [5, 5.41) is 3.53. The molecule has 0 bridgehead atoms. The van der Waals surface area contributed by atoms with E-state index in [2.05, 4.69) is 10.3 Å². The second-order valence-corrected chi connectivity index (χ2v) is 7.48. The lowest BCUT2D eigenvalue weighted by atomic mass is 10.2. The third kappa shape index (κ3) is 4.09. The number of nitrogens with one attached hydrogen (secondary N) is 1. The first kappa shape index (κ1) is 19.0. The fraction of sp³-hybridized carbons (Fsp3) is 0.136. The zero-order valence-corrected chi connectivity index (χ0v) is 16.6. The van der Waals surface area contributed by atoms with Crippen molar-refractivity contribution >= 4 is 29.3 Å². The highest BCUT2D eigenvalue weighted by atomic mass is 32.2. The molecule has 1 N–H and O–H groups in total. The molecule has 1 aliphatic rings. The predicted octanol–water partition coefficient (Wildman–Crippen LogP) is 3.52. The van der Waals surface area contributed by atoms with Crippen LogP contribution in [0.15, 0.2) is 76.8 Å². The zero-order chi connectivity index (χ0) is 20.2. The van der Waals surface area contributed by atoms with Crippen LogP contribution in [0.3, 0.4) is 0 Å². The topological polar surface area (TPSA) is 71.5 Å². The average molecular weight is 405 g/mol. The van der Waals surface area contributed by atoms with Crippen molar-refractivity contribution in [2.24, 2.45) is 0 Å². The summed E-state index contributed by atoms with van der Waals surface area (Å²) in [5.41, 5.74) is 2.12. The molecule has 0 saturated heterocycles. The highest BCUT2D eigenvalue weighted by Crippen LogP contribution is 2.39. The molecule has 0 unspecified atom stereocenters. The second-order valence-electron chi connectivity index (χ2n) is 6.45. The van der Waals surface area contributed by atoms with Crippen LogP contribution in [0, 0.1) is 0 Å². The molecule has 0 atom stereocenters. The van der Waals surface area contributed by atoms with E-state index in [-0.39, 0.29) is 18.4 Å². The van der Waals surface area contributed by atoms with E-state index in [1.54, 1.807) is 25.4 Å². The van der Waals surface area contributed by atoms with E-state index < -0.39 is 0 Å². The summed E-state index contributed by atoms with van der Waals surface area (Å²) in [5.74, 6) is 0.255. The molecule has 0 aliphatic carbocycles. The monoisotopic (exact) mass is 405 g/mol.